The summed E-state index contributed by atoms with van der Waals surface area (Å²) in [6.07, 6.45) is 4.14. The van der Waals surface area contributed by atoms with Gasteiger partial charge < -0.3 is 14.2 Å². The van der Waals surface area contributed by atoms with Crippen LogP contribution in [0.5, 0.6) is 5.75 Å². The zero-order valence-electron chi connectivity index (χ0n) is 12.9. The molecule has 1 atom stereocenters. The molecule has 1 amide bonds. The van der Waals surface area contributed by atoms with Crippen molar-refractivity contribution in [3.63, 3.8) is 0 Å². The van der Waals surface area contributed by atoms with Crippen molar-refractivity contribution in [2.45, 2.75) is 19.2 Å². The molecule has 0 aliphatic carbocycles. The molecule has 1 aromatic carbocycles. The predicted molar refractivity (Wildman–Crippen MR) is 89.5 cm³/mol. The number of hydrogen-bond donors (Lipinski definition) is 0. The fraction of sp³-hybridized carbons (Fsp3) is 0.353. The summed E-state index contributed by atoms with van der Waals surface area (Å²) in [7, 11) is 0. The molecular formula is C17H20N2O2S. The van der Waals surface area contributed by atoms with Gasteiger partial charge in [0.2, 0.25) is 5.91 Å². The van der Waals surface area contributed by atoms with Gasteiger partial charge in [0.05, 0.1) is 12.4 Å². The van der Waals surface area contributed by atoms with Gasteiger partial charge in [-0.05, 0) is 32.0 Å². The molecule has 1 saturated heterocycles. The van der Waals surface area contributed by atoms with Crippen LogP contribution in [0, 0.1) is 0 Å². The minimum atomic E-state index is 0.133. The van der Waals surface area contributed by atoms with Crippen LogP contribution in [0.25, 0.3) is 5.69 Å². The number of carbonyl (C=O) groups is 1. The van der Waals surface area contributed by atoms with Crippen molar-refractivity contribution < 1.29 is 9.53 Å². The Bertz CT molecular complexity index is 668. The summed E-state index contributed by atoms with van der Waals surface area (Å²) < 4.78 is 7.63. The minimum absolute atomic E-state index is 0.133. The van der Waals surface area contributed by atoms with Gasteiger partial charge in [-0.2, -0.15) is 0 Å². The molecule has 0 spiro atoms. The van der Waals surface area contributed by atoms with E-state index >= 15 is 0 Å². The Balaban J connectivity index is 1.85. The smallest absolute Gasteiger partial charge is 0.233 e. The monoisotopic (exact) mass is 316 g/mol. The Morgan fingerprint density at radius 3 is 2.95 bits per heavy atom. The molecule has 1 aromatic heterocycles. The Labute approximate surface area is 135 Å². The van der Waals surface area contributed by atoms with Gasteiger partial charge in [0.1, 0.15) is 11.1 Å². The average molecular weight is 316 g/mol. The van der Waals surface area contributed by atoms with E-state index in [1.807, 2.05) is 43.1 Å². The summed E-state index contributed by atoms with van der Waals surface area (Å²) in [5.74, 6) is 1.67. The highest BCUT2D eigenvalue weighted by atomic mass is 32.2. The number of ether oxygens (including phenoxy) is 1. The summed E-state index contributed by atoms with van der Waals surface area (Å²) in [6.45, 7) is 5.42. The maximum Gasteiger partial charge on any atom is 0.233 e. The molecule has 2 heterocycles. The predicted octanol–water partition coefficient (Wildman–Crippen LogP) is 3.47. The van der Waals surface area contributed by atoms with Crippen LogP contribution in [0.2, 0.25) is 0 Å². The number of benzene rings is 1. The molecular weight excluding hydrogens is 296 g/mol. The molecule has 0 unspecified atom stereocenters. The maximum absolute atomic E-state index is 11.9. The van der Waals surface area contributed by atoms with Crippen LogP contribution in [0.1, 0.15) is 24.8 Å². The number of amides is 1. The van der Waals surface area contributed by atoms with Crippen molar-refractivity contribution in [1.29, 1.82) is 0 Å². The van der Waals surface area contributed by atoms with E-state index in [9.17, 15) is 4.79 Å². The Morgan fingerprint density at radius 1 is 1.32 bits per heavy atom. The van der Waals surface area contributed by atoms with Crippen LogP contribution in [0.15, 0.2) is 42.7 Å². The lowest BCUT2D eigenvalue weighted by atomic mass is 10.3. The third-order valence-corrected chi connectivity index (χ3v) is 4.99. The Morgan fingerprint density at radius 2 is 2.18 bits per heavy atom. The zero-order valence-corrected chi connectivity index (χ0v) is 13.7. The van der Waals surface area contributed by atoms with E-state index in [0.29, 0.717) is 12.4 Å². The lowest BCUT2D eigenvalue weighted by Gasteiger charge is -2.21. The standard InChI is InChI=1S/C17H20N2O2S/c1-3-19-16(20)12-22-17(19)13-8-9-18(11-13)14-6-5-7-15(10-14)21-4-2/h5-11,17H,3-4,12H2,1-2H3/t17-/m0/s1. The lowest BCUT2D eigenvalue weighted by molar-refractivity contribution is -0.127. The van der Waals surface area contributed by atoms with Crippen molar-refractivity contribution in [2.24, 2.45) is 0 Å². The number of nitrogens with zero attached hydrogens (tertiary/aromatic N) is 2. The second kappa shape index (κ2) is 6.48. The van der Waals surface area contributed by atoms with E-state index in [1.165, 1.54) is 5.56 Å². The summed E-state index contributed by atoms with van der Waals surface area (Å²) in [6, 6.07) is 10.1. The molecule has 2 aromatic rings. The summed E-state index contributed by atoms with van der Waals surface area (Å²) in [4.78, 5) is 13.8. The first kappa shape index (κ1) is 15.0. The molecule has 0 radical (unpaired) electrons. The van der Waals surface area contributed by atoms with Gasteiger partial charge in [-0.1, -0.05) is 6.07 Å². The van der Waals surface area contributed by atoms with Crippen molar-refractivity contribution in [1.82, 2.24) is 9.47 Å². The quantitative estimate of drug-likeness (QED) is 0.847. The molecule has 3 rings (SSSR count). The Hall–Kier alpha value is -1.88. The SMILES string of the molecule is CCOc1cccc(-n2ccc([C@@H]3SCC(=O)N3CC)c2)c1. The van der Waals surface area contributed by atoms with E-state index in [4.69, 9.17) is 4.74 Å². The second-order valence-electron chi connectivity index (χ2n) is 5.13. The third kappa shape index (κ3) is 2.86. The maximum atomic E-state index is 11.9. The van der Waals surface area contributed by atoms with Crippen molar-refractivity contribution in [2.75, 3.05) is 18.9 Å². The normalized spacial score (nSPS) is 18.0. The lowest BCUT2D eigenvalue weighted by Crippen LogP contribution is -2.27. The second-order valence-corrected chi connectivity index (χ2v) is 6.19. The molecule has 22 heavy (non-hydrogen) atoms. The highest BCUT2D eigenvalue weighted by Crippen LogP contribution is 2.38. The molecule has 0 bridgehead atoms. The highest BCUT2D eigenvalue weighted by molar-refractivity contribution is 8.00. The van der Waals surface area contributed by atoms with Crippen LogP contribution in [0.3, 0.4) is 0 Å². The van der Waals surface area contributed by atoms with E-state index in [0.717, 1.165) is 18.0 Å². The third-order valence-electron chi connectivity index (χ3n) is 3.74. The van der Waals surface area contributed by atoms with E-state index in [1.54, 1.807) is 11.8 Å². The topological polar surface area (TPSA) is 34.5 Å². The molecule has 5 heteroatoms. The van der Waals surface area contributed by atoms with Gasteiger partial charge in [0.15, 0.2) is 0 Å². The van der Waals surface area contributed by atoms with Gasteiger partial charge in [0.25, 0.3) is 0 Å². The molecule has 116 valence electrons. The number of thioether (sulfide) groups is 1. The van der Waals surface area contributed by atoms with Crippen molar-refractivity contribution in [3.8, 4) is 11.4 Å². The van der Waals surface area contributed by atoms with Gasteiger partial charge in [-0.15, -0.1) is 11.8 Å². The highest BCUT2D eigenvalue weighted by Gasteiger charge is 2.31. The number of carbonyl (C=O) groups excluding carboxylic acids is 1. The molecule has 0 saturated carbocycles. The fourth-order valence-electron chi connectivity index (χ4n) is 2.69. The fourth-order valence-corrected chi connectivity index (χ4v) is 3.94. The minimum Gasteiger partial charge on any atom is -0.494 e. The summed E-state index contributed by atoms with van der Waals surface area (Å²) >= 11 is 1.69. The number of hydrogen-bond acceptors (Lipinski definition) is 3. The molecule has 4 nitrogen and oxygen atoms in total. The molecule has 0 N–H and O–H groups in total. The van der Waals surface area contributed by atoms with Crippen LogP contribution in [0.4, 0.5) is 0 Å². The van der Waals surface area contributed by atoms with E-state index in [-0.39, 0.29) is 11.3 Å². The zero-order chi connectivity index (χ0) is 15.5. The van der Waals surface area contributed by atoms with E-state index < -0.39 is 0 Å². The van der Waals surface area contributed by atoms with Gasteiger partial charge >= 0.3 is 0 Å². The first-order valence-electron chi connectivity index (χ1n) is 7.55. The van der Waals surface area contributed by atoms with Gasteiger partial charge in [-0.25, -0.2) is 0 Å². The van der Waals surface area contributed by atoms with Crippen molar-refractivity contribution >= 4 is 17.7 Å². The largest absolute Gasteiger partial charge is 0.494 e. The van der Waals surface area contributed by atoms with Crippen LogP contribution in [-0.2, 0) is 4.79 Å². The Kier molecular flexibility index (Phi) is 4.43. The van der Waals surface area contributed by atoms with Gasteiger partial charge in [-0.3, -0.25) is 4.79 Å². The molecule has 1 aliphatic rings. The van der Waals surface area contributed by atoms with Crippen LogP contribution >= 0.6 is 11.8 Å². The number of rotatable bonds is 5. The van der Waals surface area contributed by atoms with Crippen LogP contribution in [-0.4, -0.2) is 34.3 Å². The average Bonchev–Trinajstić information content (AvgIpc) is 3.14. The van der Waals surface area contributed by atoms with E-state index in [2.05, 4.69) is 22.9 Å². The summed E-state index contributed by atoms with van der Waals surface area (Å²) in [5, 5.41) is 0.133. The van der Waals surface area contributed by atoms with Crippen molar-refractivity contribution in [3.05, 3.63) is 48.3 Å². The van der Waals surface area contributed by atoms with Crippen LogP contribution < -0.4 is 4.74 Å². The summed E-state index contributed by atoms with van der Waals surface area (Å²) in [5.41, 5.74) is 2.23. The first-order valence-corrected chi connectivity index (χ1v) is 8.60. The molecule has 1 aliphatic heterocycles. The molecule has 1 fully saturated rings. The first-order chi connectivity index (χ1) is 10.7. The number of aromatic nitrogens is 1. The van der Waals surface area contributed by atoms with Gasteiger partial charge in [0, 0.05) is 36.3 Å².